The molecule has 2 heterocycles. The molecule has 0 aliphatic carbocycles. The number of nitrogens with zero attached hydrogens (tertiary/aromatic N) is 3. The van der Waals surface area contributed by atoms with Gasteiger partial charge in [-0.15, -0.1) is 0 Å². The standard InChI is InChI=1S/C25H21ClN4O2/c26-18-10-4-5-11-19(18)27-23(31)16-22-24(32)29(15-14-17-8-2-1-3-9-17)25-28-20-12-6-7-13-21(20)30(22)25/h1-13,22H,14-16H2,(H,27,31). The fraction of sp³-hybridized carbons (Fsp3) is 0.160. The summed E-state index contributed by atoms with van der Waals surface area (Å²) in [5.41, 5.74) is 3.31. The lowest BCUT2D eigenvalue weighted by Crippen LogP contribution is -2.33. The summed E-state index contributed by atoms with van der Waals surface area (Å²) in [6, 6.07) is 24.1. The monoisotopic (exact) mass is 444 g/mol. The van der Waals surface area contributed by atoms with Crippen LogP contribution in [0.2, 0.25) is 5.02 Å². The summed E-state index contributed by atoms with van der Waals surface area (Å²) in [6.45, 7) is 0.495. The molecule has 0 saturated carbocycles. The van der Waals surface area contributed by atoms with E-state index >= 15 is 0 Å². The summed E-state index contributed by atoms with van der Waals surface area (Å²) < 4.78 is 1.88. The van der Waals surface area contributed by atoms with Gasteiger partial charge in [0, 0.05) is 6.54 Å². The Bertz CT molecular complexity index is 1300. The van der Waals surface area contributed by atoms with Gasteiger partial charge in [-0.05, 0) is 36.2 Å². The van der Waals surface area contributed by atoms with Gasteiger partial charge in [0.05, 0.1) is 28.2 Å². The van der Waals surface area contributed by atoms with Crippen LogP contribution in [0.15, 0.2) is 78.9 Å². The predicted octanol–water partition coefficient (Wildman–Crippen LogP) is 4.85. The molecule has 1 N–H and O–H groups in total. The van der Waals surface area contributed by atoms with Crippen LogP contribution in [0.5, 0.6) is 0 Å². The molecule has 1 atom stereocenters. The number of fused-ring (bicyclic) bond motifs is 3. The molecule has 32 heavy (non-hydrogen) atoms. The van der Waals surface area contributed by atoms with E-state index in [1.165, 1.54) is 0 Å². The Morgan fingerprint density at radius 1 is 0.969 bits per heavy atom. The van der Waals surface area contributed by atoms with Gasteiger partial charge in [0.25, 0.3) is 5.91 Å². The minimum absolute atomic E-state index is 0.000746. The molecule has 6 nitrogen and oxygen atoms in total. The predicted molar refractivity (Wildman–Crippen MR) is 126 cm³/mol. The highest BCUT2D eigenvalue weighted by molar-refractivity contribution is 6.33. The first kappa shape index (κ1) is 20.3. The molecule has 1 aromatic heterocycles. The van der Waals surface area contributed by atoms with Crippen molar-refractivity contribution in [2.45, 2.75) is 18.9 Å². The topological polar surface area (TPSA) is 67.2 Å². The Balaban J connectivity index is 1.43. The molecule has 0 spiro atoms. The summed E-state index contributed by atoms with van der Waals surface area (Å²) in [4.78, 5) is 32.7. The molecule has 1 unspecified atom stereocenters. The Morgan fingerprint density at radius 2 is 1.69 bits per heavy atom. The van der Waals surface area contributed by atoms with Crippen molar-refractivity contribution >= 4 is 46.1 Å². The van der Waals surface area contributed by atoms with Crippen LogP contribution in [0.4, 0.5) is 11.6 Å². The van der Waals surface area contributed by atoms with Gasteiger partial charge >= 0.3 is 0 Å². The van der Waals surface area contributed by atoms with Crippen molar-refractivity contribution in [2.24, 2.45) is 0 Å². The number of rotatable bonds is 6. The maximum Gasteiger partial charge on any atom is 0.253 e. The molecule has 3 aromatic carbocycles. The number of para-hydroxylation sites is 3. The van der Waals surface area contributed by atoms with Crippen LogP contribution in [-0.2, 0) is 16.0 Å². The van der Waals surface area contributed by atoms with E-state index in [1.807, 2.05) is 59.2 Å². The second-order valence-corrected chi connectivity index (χ2v) is 8.15. The molecule has 4 aromatic rings. The number of imidazole rings is 1. The van der Waals surface area contributed by atoms with Crippen LogP contribution in [-0.4, -0.2) is 27.9 Å². The van der Waals surface area contributed by atoms with Gasteiger partial charge < -0.3 is 5.32 Å². The fourth-order valence-corrected chi connectivity index (χ4v) is 4.32. The van der Waals surface area contributed by atoms with E-state index in [9.17, 15) is 9.59 Å². The van der Waals surface area contributed by atoms with Crippen molar-refractivity contribution in [3.63, 3.8) is 0 Å². The first-order valence-electron chi connectivity index (χ1n) is 10.5. The minimum atomic E-state index is -0.657. The Kier molecular flexibility index (Phi) is 5.37. The Morgan fingerprint density at radius 3 is 2.50 bits per heavy atom. The molecule has 1 aliphatic rings. The first-order chi connectivity index (χ1) is 15.6. The summed E-state index contributed by atoms with van der Waals surface area (Å²) in [7, 11) is 0. The molecule has 5 rings (SSSR count). The quantitative estimate of drug-likeness (QED) is 0.462. The van der Waals surface area contributed by atoms with Gasteiger partial charge in [-0.1, -0.05) is 66.2 Å². The van der Waals surface area contributed by atoms with Gasteiger partial charge in [0.1, 0.15) is 6.04 Å². The molecule has 1 aliphatic heterocycles. The zero-order chi connectivity index (χ0) is 22.1. The first-order valence-corrected chi connectivity index (χ1v) is 10.9. The lowest BCUT2D eigenvalue weighted by Gasteiger charge is -2.16. The maximum absolute atomic E-state index is 13.4. The zero-order valence-corrected chi connectivity index (χ0v) is 18.0. The number of nitrogens with one attached hydrogen (secondary N) is 1. The van der Waals surface area contributed by atoms with Gasteiger partial charge in [0.2, 0.25) is 11.9 Å². The normalized spacial score (nSPS) is 15.2. The molecule has 2 amide bonds. The van der Waals surface area contributed by atoms with Crippen molar-refractivity contribution in [3.8, 4) is 0 Å². The number of aromatic nitrogens is 2. The second kappa shape index (κ2) is 8.48. The van der Waals surface area contributed by atoms with Gasteiger partial charge in [0.15, 0.2) is 0 Å². The highest BCUT2D eigenvalue weighted by atomic mass is 35.5. The van der Waals surface area contributed by atoms with E-state index in [-0.39, 0.29) is 18.2 Å². The van der Waals surface area contributed by atoms with Gasteiger partial charge in [-0.3, -0.25) is 19.1 Å². The molecular formula is C25H21ClN4O2. The average Bonchev–Trinajstić information content (AvgIpc) is 3.29. The summed E-state index contributed by atoms with van der Waals surface area (Å²) in [6.07, 6.45) is 0.702. The van der Waals surface area contributed by atoms with E-state index in [4.69, 9.17) is 16.6 Å². The van der Waals surface area contributed by atoms with E-state index in [2.05, 4.69) is 5.32 Å². The lowest BCUT2D eigenvalue weighted by molar-refractivity contribution is -0.124. The highest BCUT2D eigenvalue weighted by Crippen LogP contribution is 2.36. The molecule has 7 heteroatoms. The number of hydrogen-bond acceptors (Lipinski definition) is 3. The number of hydrogen-bond donors (Lipinski definition) is 1. The van der Waals surface area contributed by atoms with Crippen molar-refractivity contribution in [1.29, 1.82) is 0 Å². The SMILES string of the molecule is O=C(CC1C(=O)N(CCc2ccccc2)c2nc3ccccc3n21)Nc1ccccc1Cl. The summed E-state index contributed by atoms with van der Waals surface area (Å²) >= 11 is 6.17. The summed E-state index contributed by atoms with van der Waals surface area (Å²) in [5, 5.41) is 3.28. The van der Waals surface area contributed by atoms with Crippen LogP contribution in [0.25, 0.3) is 11.0 Å². The molecule has 0 saturated heterocycles. The van der Waals surface area contributed by atoms with E-state index in [0.29, 0.717) is 29.6 Å². The highest BCUT2D eigenvalue weighted by Gasteiger charge is 2.40. The van der Waals surface area contributed by atoms with Crippen molar-refractivity contribution in [3.05, 3.63) is 89.4 Å². The van der Waals surface area contributed by atoms with Crippen LogP contribution in [0, 0.1) is 0 Å². The summed E-state index contributed by atoms with van der Waals surface area (Å²) in [5.74, 6) is 0.191. The van der Waals surface area contributed by atoms with Crippen molar-refractivity contribution in [1.82, 2.24) is 9.55 Å². The van der Waals surface area contributed by atoms with Crippen LogP contribution in [0.3, 0.4) is 0 Å². The van der Waals surface area contributed by atoms with Crippen LogP contribution >= 0.6 is 11.6 Å². The number of anilines is 2. The van der Waals surface area contributed by atoms with E-state index in [0.717, 1.165) is 16.6 Å². The number of carbonyl (C=O) groups excluding carboxylic acids is 2. The molecular weight excluding hydrogens is 424 g/mol. The fourth-order valence-electron chi connectivity index (χ4n) is 4.13. The number of amides is 2. The van der Waals surface area contributed by atoms with Crippen molar-refractivity contribution in [2.75, 3.05) is 16.8 Å². The Labute approximate surface area is 190 Å². The Hall–Kier alpha value is -3.64. The second-order valence-electron chi connectivity index (χ2n) is 7.74. The molecule has 0 fully saturated rings. The third-order valence-corrected chi connectivity index (χ3v) is 6.00. The average molecular weight is 445 g/mol. The van der Waals surface area contributed by atoms with E-state index < -0.39 is 6.04 Å². The number of benzene rings is 3. The third-order valence-electron chi connectivity index (χ3n) is 5.67. The van der Waals surface area contributed by atoms with Crippen molar-refractivity contribution < 1.29 is 9.59 Å². The lowest BCUT2D eigenvalue weighted by atomic mass is 10.1. The number of halogens is 1. The third kappa shape index (κ3) is 3.74. The van der Waals surface area contributed by atoms with Crippen LogP contribution in [0.1, 0.15) is 18.0 Å². The zero-order valence-electron chi connectivity index (χ0n) is 17.2. The largest absolute Gasteiger partial charge is 0.325 e. The molecule has 160 valence electrons. The molecule has 0 radical (unpaired) electrons. The maximum atomic E-state index is 13.4. The van der Waals surface area contributed by atoms with Gasteiger partial charge in [-0.2, -0.15) is 0 Å². The van der Waals surface area contributed by atoms with Crippen LogP contribution < -0.4 is 10.2 Å². The van der Waals surface area contributed by atoms with Gasteiger partial charge in [-0.25, -0.2) is 4.98 Å². The number of carbonyl (C=O) groups is 2. The minimum Gasteiger partial charge on any atom is -0.325 e. The molecule has 0 bridgehead atoms. The van der Waals surface area contributed by atoms with E-state index in [1.54, 1.807) is 29.2 Å². The smallest absolute Gasteiger partial charge is 0.253 e.